The Hall–Kier alpha value is -3.80. The van der Waals surface area contributed by atoms with Crippen LogP contribution < -0.4 is 5.32 Å². The lowest BCUT2D eigenvalue weighted by molar-refractivity contribution is -0.117. The van der Waals surface area contributed by atoms with Crippen LogP contribution in [-0.4, -0.2) is 16.7 Å². The first-order chi connectivity index (χ1) is 14.5. The van der Waals surface area contributed by atoms with E-state index in [2.05, 4.69) is 10.3 Å². The molecule has 2 N–H and O–H groups in total. The van der Waals surface area contributed by atoms with Crippen LogP contribution >= 0.6 is 0 Å². The highest BCUT2D eigenvalue weighted by Crippen LogP contribution is 2.27. The largest absolute Gasteiger partial charge is 0.507 e. The number of halogens is 2. The highest BCUT2D eigenvalue weighted by molar-refractivity contribution is 6.31. The molecule has 150 valence electrons. The molecular weight excluding hydrogens is 386 g/mol. The second kappa shape index (κ2) is 8.29. The van der Waals surface area contributed by atoms with E-state index in [4.69, 9.17) is 0 Å². The Bertz CT molecular complexity index is 1170. The number of carbonyl (C=O) groups is 1. The minimum absolute atomic E-state index is 0.00868. The molecule has 4 nitrogen and oxygen atoms in total. The highest BCUT2D eigenvalue weighted by atomic mass is 19.1. The zero-order valence-corrected chi connectivity index (χ0v) is 15.9. The Morgan fingerprint density at radius 3 is 2.50 bits per heavy atom. The summed E-state index contributed by atoms with van der Waals surface area (Å²) in [6, 6.07) is 16.7. The predicted molar refractivity (Wildman–Crippen MR) is 111 cm³/mol. The molecule has 0 aromatic heterocycles. The number of hydrogen-bond donors (Lipinski definition) is 2. The van der Waals surface area contributed by atoms with Gasteiger partial charge in [-0.1, -0.05) is 30.3 Å². The van der Waals surface area contributed by atoms with Gasteiger partial charge in [0, 0.05) is 12.1 Å². The van der Waals surface area contributed by atoms with Gasteiger partial charge in [-0.15, -0.1) is 0 Å². The zero-order chi connectivity index (χ0) is 21.1. The van der Waals surface area contributed by atoms with Crippen LogP contribution in [0.5, 0.6) is 5.75 Å². The molecule has 3 aromatic carbocycles. The number of nitrogens with zero attached hydrogens (tertiary/aromatic N) is 1. The minimum atomic E-state index is -0.432. The average molecular weight is 404 g/mol. The van der Waals surface area contributed by atoms with Crippen molar-refractivity contribution >= 4 is 17.7 Å². The molecule has 1 aliphatic heterocycles. The molecule has 1 amide bonds. The van der Waals surface area contributed by atoms with Crippen LogP contribution in [0, 0.1) is 11.6 Å². The Morgan fingerprint density at radius 2 is 1.73 bits per heavy atom. The van der Waals surface area contributed by atoms with Crippen molar-refractivity contribution in [2.24, 2.45) is 4.99 Å². The maximum Gasteiger partial charge on any atom is 0.253 e. The summed E-state index contributed by atoms with van der Waals surface area (Å²) in [6.45, 7) is 0.422. The molecule has 30 heavy (non-hydrogen) atoms. The molecule has 0 atom stereocenters. The Kier molecular flexibility index (Phi) is 5.39. The lowest BCUT2D eigenvalue weighted by atomic mass is 9.98. The summed E-state index contributed by atoms with van der Waals surface area (Å²) in [5.74, 6) is -1.21. The van der Waals surface area contributed by atoms with Crippen LogP contribution in [0.3, 0.4) is 0 Å². The maximum atomic E-state index is 13.8. The topological polar surface area (TPSA) is 61.7 Å². The van der Waals surface area contributed by atoms with E-state index in [0.717, 1.165) is 11.1 Å². The second-order valence-corrected chi connectivity index (χ2v) is 6.89. The first kappa shape index (κ1) is 19.5. The van der Waals surface area contributed by atoms with Gasteiger partial charge >= 0.3 is 0 Å². The van der Waals surface area contributed by atoms with Gasteiger partial charge in [-0.2, -0.15) is 0 Å². The first-order valence-electron chi connectivity index (χ1n) is 9.37. The number of amides is 1. The first-order valence-corrected chi connectivity index (χ1v) is 9.37. The van der Waals surface area contributed by atoms with E-state index in [0.29, 0.717) is 16.8 Å². The summed E-state index contributed by atoms with van der Waals surface area (Å²) in [5.41, 5.74) is 2.99. The van der Waals surface area contributed by atoms with Gasteiger partial charge < -0.3 is 10.4 Å². The van der Waals surface area contributed by atoms with Crippen molar-refractivity contribution in [3.8, 4) is 5.75 Å². The van der Waals surface area contributed by atoms with Gasteiger partial charge in [0.05, 0.1) is 17.8 Å². The summed E-state index contributed by atoms with van der Waals surface area (Å²) in [5, 5.41) is 13.1. The summed E-state index contributed by atoms with van der Waals surface area (Å²) >= 11 is 0. The maximum absolute atomic E-state index is 13.8. The molecule has 0 fully saturated rings. The SMILES string of the molecule is O=C(NCc1ccc(F)cc1)C1=Cc2cc(F)ccc2CN=C1c1ccccc1O. The minimum Gasteiger partial charge on any atom is -0.507 e. The van der Waals surface area contributed by atoms with Crippen LogP contribution in [0.15, 0.2) is 77.3 Å². The number of rotatable bonds is 4. The smallest absolute Gasteiger partial charge is 0.253 e. The van der Waals surface area contributed by atoms with Gasteiger partial charge in [-0.05, 0) is 59.2 Å². The normalized spacial score (nSPS) is 13.0. The number of fused-ring (bicyclic) bond motifs is 1. The molecule has 4 rings (SSSR count). The van der Waals surface area contributed by atoms with Gasteiger partial charge in [0.25, 0.3) is 5.91 Å². The van der Waals surface area contributed by atoms with Gasteiger partial charge in [0.1, 0.15) is 17.4 Å². The monoisotopic (exact) mass is 404 g/mol. The molecule has 0 radical (unpaired) electrons. The van der Waals surface area contributed by atoms with E-state index in [1.165, 1.54) is 30.3 Å². The summed E-state index contributed by atoms with van der Waals surface area (Å²) < 4.78 is 26.9. The molecular formula is C24H18F2N2O2. The molecule has 6 heteroatoms. The molecule has 0 saturated heterocycles. The number of aromatic hydroxyl groups is 1. The lowest BCUT2D eigenvalue weighted by Gasteiger charge is -2.12. The number of para-hydroxylation sites is 1. The molecule has 1 heterocycles. The van der Waals surface area contributed by atoms with Crippen molar-refractivity contribution in [2.45, 2.75) is 13.1 Å². The van der Waals surface area contributed by atoms with E-state index in [1.54, 1.807) is 42.5 Å². The quantitative estimate of drug-likeness (QED) is 0.678. The second-order valence-electron chi connectivity index (χ2n) is 6.89. The predicted octanol–water partition coefficient (Wildman–Crippen LogP) is 4.37. The molecule has 0 aliphatic carbocycles. The van der Waals surface area contributed by atoms with E-state index >= 15 is 0 Å². The summed E-state index contributed by atoms with van der Waals surface area (Å²) in [6.07, 6.45) is 1.58. The molecule has 3 aromatic rings. The molecule has 0 saturated carbocycles. The standard InChI is InChI=1S/C24H18F2N2O2/c25-18-8-5-15(6-9-18)13-28-24(30)21-12-17-11-19(26)10-7-16(17)14-27-23(21)20-3-1-2-4-22(20)29/h1-12,29H,13-14H2,(H,28,30). The number of aliphatic imine (C=N–C) groups is 1. The fraction of sp³-hybridized carbons (Fsp3) is 0.0833. The highest BCUT2D eigenvalue weighted by Gasteiger charge is 2.23. The van der Waals surface area contributed by atoms with Gasteiger partial charge in [-0.25, -0.2) is 8.78 Å². The van der Waals surface area contributed by atoms with Crippen molar-refractivity contribution in [3.05, 3.63) is 106 Å². The summed E-state index contributed by atoms with van der Waals surface area (Å²) in [4.78, 5) is 17.6. The average Bonchev–Trinajstić information content (AvgIpc) is 2.93. The van der Waals surface area contributed by atoms with E-state index < -0.39 is 11.7 Å². The molecule has 1 aliphatic rings. The lowest BCUT2D eigenvalue weighted by Crippen LogP contribution is -2.28. The van der Waals surface area contributed by atoms with Crippen LogP contribution in [0.1, 0.15) is 22.3 Å². The van der Waals surface area contributed by atoms with E-state index in [-0.39, 0.29) is 30.2 Å². The number of benzene rings is 3. The van der Waals surface area contributed by atoms with Gasteiger partial charge in [0.15, 0.2) is 0 Å². The Morgan fingerprint density at radius 1 is 1.00 bits per heavy atom. The Balaban J connectivity index is 1.71. The third kappa shape index (κ3) is 4.12. The van der Waals surface area contributed by atoms with E-state index in [1.807, 2.05) is 0 Å². The zero-order valence-electron chi connectivity index (χ0n) is 15.9. The third-order valence-corrected chi connectivity index (χ3v) is 4.84. The number of carbonyl (C=O) groups excluding carboxylic acids is 1. The Labute approximate surface area is 172 Å². The van der Waals surface area contributed by atoms with Crippen molar-refractivity contribution in [3.63, 3.8) is 0 Å². The number of nitrogens with one attached hydrogen (secondary N) is 1. The van der Waals surface area contributed by atoms with E-state index in [9.17, 15) is 18.7 Å². The fourth-order valence-corrected chi connectivity index (χ4v) is 3.27. The van der Waals surface area contributed by atoms with Crippen molar-refractivity contribution in [1.29, 1.82) is 0 Å². The van der Waals surface area contributed by atoms with Crippen LogP contribution in [0.25, 0.3) is 6.08 Å². The van der Waals surface area contributed by atoms with Crippen LogP contribution in [-0.2, 0) is 17.9 Å². The van der Waals surface area contributed by atoms with Crippen molar-refractivity contribution in [2.75, 3.05) is 0 Å². The van der Waals surface area contributed by atoms with Crippen molar-refractivity contribution in [1.82, 2.24) is 5.32 Å². The number of phenols is 1. The van der Waals surface area contributed by atoms with Gasteiger partial charge in [-0.3, -0.25) is 9.79 Å². The summed E-state index contributed by atoms with van der Waals surface area (Å²) in [7, 11) is 0. The number of phenolic OH excluding ortho intramolecular Hbond substituents is 1. The molecule has 0 unspecified atom stereocenters. The molecule has 0 bridgehead atoms. The van der Waals surface area contributed by atoms with Crippen molar-refractivity contribution < 1.29 is 18.7 Å². The van der Waals surface area contributed by atoms with Crippen LogP contribution in [0.2, 0.25) is 0 Å². The van der Waals surface area contributed by atoms with Crippen LogP contribution in [0.4, 0.5) is 8.78 Å². The molecule has 0 spiro atoms. The third-order valence-electron chi connectivity index (χ3n) is 4.84. The fourth-order valence-electron chi connectivity index (χ4n) is 3.27. The van der Waals surface area contributed by atoms with Gasteiger partial charge in [0.2, 0.25) is 0 Å². The number of hydrogen-bond acceptors (Lipinski definition) is 3.